The third kappa shape index (κ3) is 3.10. The van der Waals surface area contributed by atoms with E-state index in [1.54, 1.807) is 23.6 Å². The van der Waals surface area contributed by atoms with Crippen molar-refractivity contribution >= 4 is 27.0 Å². The molecule has 4 aromatic rings. The van der Waals surface area contributed by atoms with Crippen molar-refractivity contribution in [2.45, 2.75) is 4.90 Å². The Labute approximate surface area is 176 Å². The maximum Gasteiger partial charge on any atom is 0.269 e. The minimum atomic E-state index is -3.88. The Morgan fingerprint density at radius 3 is 2.67 bits per heavy atom. The van der Waals surface area contributed by atoms with E-state index in [-0.39, 0.29) is 17.6 Å². The molecule has 0 spiro atoms. The molecule has 8 nitrogen and oxygen atoms in total. The second kappa shape index (κ2) is 7.15. The lowest BCUT2D eigenvalue weighted by atomic mass is 10.2. The molecule has 0 unspecified atom stereocenters. The number of rotatable bonds is 5. The van der Waals surface area contributed by atoms with Gasteiger partial charge < -0.3 is 14.0 Å². The van der Waals surface area contributed by atoms with E-state index in [1.807, 2.05) is 30.3 Å². The van der Waals surface area contributed by atoms with E-state index < -0.39 is 10.0 Å². The highest BCUT2D eigenvalue weighted by Crippen LogP contribution is 2.39. The lowest BCUT2D eigenvalue weighted by Gasteiger charge is -2.19. The van der Waals surface area contributed by atoms with Gasteiger partial charge in [-0.15, -0.1) is 11.3 Å². The zero-order valence-corrected chi connectivity index (χ0v) is 17.3. The summed E-state index contributed by atoms with van der Waals surface area (Å²) in [5.74, 6) is 1.64. The van der Waals surface area contributed by atoms with Gasteiger partial charge in [-0.05, 0) is 23.6 Å². The van der Waals surface area contributed by atoms with Crippen molar-refractivity contribution in [3.05, 3.63) is 60.0 Å². The molecule has 0 amide bonds. The molecule has 0 bridgehead atoms. The number of anilines is 1. The van der Waals surface area contributed by atoms with Gasteiger partial charge in [-0.25, -0.2) is 8.42 Å². The van der Waals surface area contributed by atoms with Crippen molar-refractivity contribution < 1.29 is 22.4 Å². The molecule has 5 rings (SSSR count). The zero-order valence-electron chi connectivity index (χ0n) is 15.7. The van der Waals surface area contributed by atoms with Crippen LogP contribution in [-0.2, 0) is 10.0 Å². The summed E-state index contributed by atoms with van der Waals surface area (Å²) in [5, 5.41) is 5.67. The predicted molar refractivity (Wildman–Crippen MR) is 111 cm³/mol. The number of sulfonamides is 1. The van der Waals surface area contributed by atoms with Gasteiger partial charge in [0.05, 0.1) is 5.69 Å². The van der Waals surface area contributed by atoms with Crippen LogP contribution in [0, 0.1) is 0 Å². The van der Waals surface area contributed by atoms with Crippen LogP contribution in [0.3, 0.4) is 0 Å². The molecule has 2 aromatic carbocycles. The first-order valence-corrected chi connectivity index (χ1v) is 11.2. The first kappa shape index (κ1) is 18.6. The number of hydrogen-bond acceptors (Lipinski definition) is 8. The lowest BCUT2D eigenvalue weighted by Crippen LogP contribution is -2.26. The maximum atomic E-state index is 13.3. The number of aromatic nitrogens is 2. The molecule has 3 heterocycles. The lowest BCUT2D eigenvalue weighted by molar-refractivity contribution is 0.174. The molecule has 2 aromatic heterocycles. The zero-order chi connectivity index (χ0) is 20.7. The fraction of sp³-hybridized carbons (Fsp3) is 0.100. The molecule has 152 valence electrons. The largest absolute Gasteiger partial charge is 0.454 e. The molecular weight excluding hydrogens is 426 g/mol. The van der Waals surface area contributed by atoms with Crippen molar-refractivity contribution in [1.82, 2.24) is 10.1 Å². The van der Waals surface area contributed by atoms with Gasteiger partial charge in [-0.2, -0.15) is 4.98 Å². The minimum absolute atomic E-state index is 0.0935. The molecular formula is C20H15N3O5S2. The average molecular weight is 441 g/mol. The van der Waals surface area contributed by atoms with E-state index in [9.17, 15) is 8.42 Å². The number of fused-ring (bicyclic) bond motifs is 1. The predicted octanol–water partition coefficient (Wildman–Crippen LogP) is 4.02. The number of hydrogen-bond donors (Lipinski definition) is 0. The van der Waals surface area contributed by atoms with Crippen LogP contribution < -0.4 is 13.8 Å². The summed E-state index contributed by atoms with van der Waals surface area (Å²) < 4.78 is 43.9. The van der Waals surface area contributed by atoms with Crippen LogP contribution in [0.2, 0.25) is 0 Å². The van der Waals surface area contributed by atoms with Gasteiger partial charge in [0.2, 0.25) is 12.6 Å². The molecule has 10 heteroatoms. The van der Waals surface area contributed by atoms with Gasteiger partial charge in [0.25, 0.3) is 15.9 Å². The number of nitrogens with zero attached hydrogens (tertiary/aromatic N) is 3. The minimum Gasteiger partial charge on any atom is -0.454 e. The number of benzene rings is 2. The third-order valence-corrected chi connectivity index (χ3v) is 7.50. The summed E-state index contributed by atoms with van der Waals surface area (Å²) in [4.78, 5) is 4.87. The average Bonchev–Trinajstić information content (AvgIpc) is 3.53. The summed E-state index contributed by atoms with van der Waals surface area (Å²) in [6, 6.07) is 15.8. The van der Waals surface area contributed by atoms with E-state index in [0.717, 1.165) is 5.56 Å². The number of thiophene rings is 1. The second-order valence-corrected chi connectivity index (χ2v) is 9.27. The van der Waals surface area contributed by atoms with Crippen LogP contribution in [0.15, 0.2) is 69.4 Å². The molecule has 0 radical (unpaired) electrons. The van der Waals surface area contributed by atoms with Gasteiger partial charge in [-0.1, -0.05) is 35.5 Å². The van der Waals surface area contributed by atoms with Crippen molar-refractivity contribution in [2.75, 3.05) is 18.1 Å². The van der Waals surface area contributed by atoms with E-state index in [4.69, 9.17) is 14.0 Å². The fourth-order valence-corrected chi connectivity index (χ4v) is 5.55. The molecule has 0 atom stereocenters. The van der Waals surface area contributed by atoms with Crippen molar-refractivity contribution in [2.24, 2.45) is 0 Å². The SMILES string of the molecule is CN(c1ccc2c(c1)OCO2)S(=O)(=O)c1ccsc1-c1nc(-c2ccccc2)no1. The van der Waals surface area contributed by atoms with Crippen LogP contribution in [0.5, 0.6) is 11.5 Å². The molecule has 0 saturated carbocycles. The van der Waals surface area contributed by atoms with Crippen LogP contribution >= 0.6 is 11.3 Å². The summed E-state index contributed by atoms with van der Waals surface area (Å²) in [5.41, 5.74) is 1.23. The van der Waals surface area contributed by atoms with E-state index in [2.05, 4.69) is 10.1 Å². The normalized spacial score (nSPS) is 12.8. The Balaban J connectivity index is 1.50. The maximum absolute atomic E-state index is 13.3. The highest BCUT2D eigenvalue weighted by atomic mass is 32.2. The van der Waals surface area contributed by atoms with Gasteiger partial charge in [0, 0.05) is 18.7 Å². The molecule has 1 aliphatic heterocycles. The first-order valence-electron chi connectivity index (χ1n) is 8.89. The molecule has 1 aliphatic rings. The van der Waals surface area contributed by atoms with Gasteiger partial charge in [-0.3, -0.25) is 4.31 Å². The monoisotopic (exact) mass is 441 g/mol. The highest BCUT2D eigenvalue weighted by Gasteiger charge is 2.29. The van der Waals surface area contributed by atoms with Gasteiger partial charge in [0.15, 0.2) is 11.5 Å². The summed E-state index contributed by atoms with van der Waals surface area (Å²) in [7, 11) is -2.40. The van der Waals surface area contributed by atoms with Crippen molar-refractivity contribution in [3.8, 4) is 33.7 Å². The van der Waals surface area contributed by atoms with Crippen molar-refractivity contribution in [3.63, 3.8) is 0 Å². The second-order valence-electron chi connectivity index (χ2n) is 6.41. The van der Waals surface area contributed by atoms with Crippen LogP contribution in [0.1, 0.15) is 0 Å². The Hall–Kier alpha value is -3.37. The van der Waals surface area contributed by atoms with Crippen LogP contribution in [-0.4, -0.2) is 32.4 Å². The van der Waals surface area contributed by atoms with Gasteiger partial charge >= 0.3 is 0 Å². The molecule has 0 N–H and O–H groups in total. The van der Waals surface area contributed by atoms with E-state index in [1.165, 1.54) is 28.8 Å². The van der Waals surface area contributed by atoms with Crippen LogP contribution in [0.4, 0.5) is 5.69 Å². The standard InChI is InChI=1S/C20H15N3O5S2/c1-23(14-7-8-15-16(11-14)27-12-26-15)30(24,25)17-9-10-29-18(17)20-21-19(22-28-20)13-5-3-2-4-6-13/h2-11H,12H2,1H3. The Kier molecular flexibility index (Phi) is 4.44. The Bertz CT molecular complexity index is 1320. The smallest absolute Gasteiger partial charge is 0.269 e. The quantitative estimate of drug-likeness (QED) is 0.462. The van der Waals surface area contributed by atoms with Crippen molar-refractivity contribution in [1.29, 1.82) is 0 Å². The van der Waals surface area contributed by atoms with Crippen LogP contribution in [0.25, 0.3) is 22.2 Å². The molecule has 0 saturated heterocycles. The highest BCUT2D eigenvalue weighted by molar-refractivity contribution is 7.93. The van der Waals surface area contributed by atoms with Gasteiger partial charge in [0.1, 0.15) is 9.77 Å². The summed E-state index contributed by atoms with van der Waals surface area (Å²) in [6.45, 7) is 0.116. The summed E-state index contributed by atoms with van der Waals surface area (Å²) >= 11 is 1.22. The molecule has 0 aliphatic carbocycles. The Morgan fingerprint density at radius 2 is 1.83 bits per heavy atom. The first-order chi connectivity index (χ1) is 14.5. The molecule has 0 fully saturated rings. The van der Waals surface area contributed by atoms with E-state index >= 15 is 0 Å². The topological polar surface area (TPSA) is 94.8 Å². The Morgan fingerprint density at radius 1 is 1.03 bits per heavy atom. The molecule has 30 heavy (non-hydrogen) atoms. The third-order valence-electron chi connectivity index (χ3n) is 4.64. The fourth-order valence-electron chi connectivity index (χ4n) is 3.04. The van der Waals surface area contributed by atoms with E-state index in [0.29, 0.717) is 27.9 Å². The number of ether oxygens (including phenoxy) is 2. The summed E-state index contributed by atoms with van der Waals surface area (Å²) in [6.07, 6.45) is 0.